The highest BCUT2D eigenvalue weighted by atomic mass is 14.9. The van der Waals surface area contributed by atoms with Gasteiger partial charge in [0, 0.05) is 25.6 Å². The lowest BCUT2D eigenvalue weighted by Gasteiger charge is -2.23. The molecule has 1 N–H and O–H groups in total. The summed E-state index contributed by atoms with van der Waals surface area (Å²) in [5, 5.41) is 3.18. The molecule has 0 amide bonds. The van der Waals surface area contributed by atoms with Crippen LogP contribution >= 0.6 is 0 Å². The fourth-order valence-electron chi connectivity index (χ4n) is 3.99. The molecule has 0 saturated heterocycles. The molecule has 0 radical (unpaired) electrons. The van der Waals surface area contributed by atoms with Gasteiger partial charge in [-0.3, -0.25) is 4.99 Å². The van der Waals surface area contributed by atoms with E-state index in [2.05, 4.69) is 90.1 Å². The summed E-state index contributed by atoms with van der Waals surface area (Å²) in [6.07, 6.45) is 9.80. The van der Waals surface area contributed by atoms with Crippen molar-refractivity contribution in [2.24, 2.45) is 10.9 Å². The number of anilines is 1. The maximum absolute atomic E-state index is 4.62. The minimum atomic E-state index is 0.450. The summed E-state index contributed by atoms with van der Waals surface area (Å²) in [6, 6.07) is 27.7. The van der Waals surface area contributed by atoms with Crippen LogP contribution in [0.1, 0.15) is 29.5 Å². The first-order valence-electron chi connectivity index (χ1n) is 10.6. The molecule has 0 aromatic heterocycles. The standard InChI is InChI=1S/C28H28N2/c1-21-20-25(16-17-26(21)24-8-4-3-5-9-24)23-14-12-22(13-15-23)18-19-30-28-11-7-6-10-27(28)29-2/h3-17,19-21,26,29H,18H2,1-2H3. The fourth-order valence-corrected chi connectivity index (χ4v) is 3.99. The molecule has 2 atom stereocenters. The molecule has 0 heterocycles. The first-order chi connectivity index (χ1) is 14.7. The predicted molar refractivity (Wildman–Crippen MR) is 130 cm³/mol. The zero-order chi connectivity index (χ0) is 20.8. The Hall–Kier alpha value is -3.39. The largest absolute Gasteiger partial charge is 0.386 e. The molecule has 0 aliphatic heterocycles. The summed E-state index contributed by atoms with van der Waals surface area (Å²) in [7, 11) is 1.92. The Balaban J connectivity index is 1.41. The van der Waals surface area contributed by atoms with Crippen LogP contribution in [0.5, 0.6) is 0 Å². The van der Waals surface area contributed by atoms with Crippen LogP contribution in [-0.4, -0.2) is 13.3 Å². The number of allylic oxidation sites excluding steroid dienone is 4. The molecule has 0 bridgehead atoms. The summed E-state index contributed by atoms with van der Waals surface area (Å²) in [5.41, 5.74) is 7.23. The third-order valence-electron chi connectivity index (χ3n) is 5.69. The first-order valence-corrected chi connectivity index (χ1v) is 10.6. The molecular formula is C28H28N2. The van der Waals surface area contributed by atoms with Gasteiger partial charge in [-0.05, 0) is 40.3 Å². The van der Waals surface area contributed by atoms with Gasteiger partial charge in [0.15, 0.2) is 0 Å². The van der Waals surface area contributed by atoms with Gasteiger partial charge < -0.3 is 5.32 Å². The van der Waals surface area contributed by atoms with Crippen molar-refractivity contribution in [3.05, 3.63) is 114 Å². The molecule has 2 nitrogen and oxygen atoms in total. The molecule has 4 rings (SSSR count). The Morgan fingerprint density at radius 3 is 2.37 bits per heavy atom. The monoisotopic (exact) mass is 392 g/mol. The Kier molecular flexibility index (Phi) is 6.24. The molecule has 150 valence electrons. The summed E-state index contributed by atoms with van der Waals surface area (Å²) < 4.78 is 0. The van der Waals surface area contributed by atoms with Crippen LogP contribution in [0.3, 0.4) is 0 Å². The second-order valence-corrected chi connectivity index (χ2v) is 7.76. The van der Waals surface area contributed by atoms with Crippen molar-refractivity contribution in [2.75, 3.05) is 12.4 Å². The van der Waals surface area contributed by atoms with E-state index < -0.39 is 0 Å². The van der Waals surface area contributed by atoms with E-state index in [-0.39, 0.29) is 0 Å². The van der Waals surface area contributed by atoms with Crippen LogP contribution in [-0.2, 0) is 6.42 Å². The lowest BCUT2D eigenvalue weighted by molar-refractivity contribution is 0.638. The summed E-state index contributed by atoms with van der Waals surface area (Å²) >= 11 is 0. The van der Waals surface area contributed by atoms with Crippen molar-refractivity contribution in [3.63, 3.8) is 0 Å². The Morgan fingerprint density at radius 2 is 1.63 bits per heavy atom. The molecule has 3 aromatic rings. The second-order valence-electron chi connectivity index (χ2n) is 7.76. The molecule has 3 aromatic carbocycles. The summed E-state index contributed by atoms with van der Waals surface area (Å²) in [4.78, 5) is 4.62. The van der Waals surface area contributed by atoms with Gasteiger partial charge in [0.1, 0.15) is 0 Å². The number of aliphatic imine (C=N–C) groups is 1. The fraction of sp³-hybridized carbons (Fsp3) is 0.179. The van der Waals surface area contributed by atoms with E-state index in [0.717, 1.165) is 17.8 Å². The van der Waals surface area contributed by atoms with Crippen molar-refractivity contribution in [2.45, 2.75) is 19.3 Å². The smallest absolute Gasteiger partial charge is 0.0857 e. The van der Waals surface area contributed by atoms with Gasteiger partial charge >= 0.3 is 0 Å². The van der Waals surface area contributed by atoms with Crippen molar-refractivity contribution in [1.82, 2.24) is 0 Å². The van der Waals surface area contributed by atoms with E-state index in [1.165, 1.54) is 22.3 Å². The minimum Gasteiger partial charge on any atom is -0.386 e. The summed E-state index contributed by atoms with van der Waals surface area (Å²) in [5.74, 6) is 0.928. The Labute approximate surface area is 179 Å². The molecule has 0 spiro atoms. The van der Waals surface area contributed by atoms with Crippen LogP contribution in [0.25, 0.3) is 5.57 Å². The van der Waals surface area contributed by atoms with E-state index >= 15 is 0 Å². The Bertz CT molecular complexity index is 1060. The van der Waals surface area contributed by atoms with E-state index in [4.69, 9.17) is 0 Å². The minimum absolute atomic E-state index is 0.450. The third-order valence-corrected chi connectivity index (χ3v) is 5.69. The molecule has 0 saturated carbocycles. The second kappa shape index (κ2) is 9.41. The highest BCUT2D eigenvalue weighted by molar-refractivity contribution is 5.77. The maximum atomic E-state index is 4.62. The highest BCUT2D eigenvalue weighted by Gasteiger charge is 2.18. The van der Waals surface area contributed by atoms with E-state index in [1.807, 2.05) is 37.5 Å². The molecular weight excluding hydrogens is 364 g/mol. The maximum Gasteiger partial charge on any atom is 0.0857 e. The molecule has 2 heteroatoms. The van der Waals surface area contributed by atoms with Crippen LogP contribution < -0.4 is 5.32 Å². The number of hydrogen-bond donors (Lipinski definition) is 1. The third kappa shape index (κ3) is 4.60. The van der Waals surface area contributed by atoms with Gasteiger partial charge in [0.2, 0.25) is 0 Å². The van der Waals surface area contributed by atoms with E-state index in [0.29, 0.717) is 11.8 Å². The van der Waals surface area contributed by atoms with Gasteiger partial charge in [0.05, 0.1) is 11.4 Å². The number of para-hydroxylation sites is 2. The number of benzene rings is 3. The lowest BCUT2D eigenvalue weighted by Crippen LogP contribution is -2.09. The van der Waals surface area contributed by atoms with Gasteiger partial charge in [0.25, 0.3) is 0 Å². The number of hydrogen-bond acceptors (Lipinski definition) is 2. The summed E-state index contributed by atoms with van der Waals surface area (Å²) in [6.45, 7) is 2.30. The van der Waals surface area contributed by atoms with Crippen molar-refractivity contribution in [1.29, 1.82) is 0 Å². The Morgan fingerprint density at radius 1 is 0.900 bits per heavy atom. The van der Waals surface area contributed by atoms with Crippen LogP contribution in [0.15, 0.2) is 102 Å². The molecule has 1 aliphatic rings. The van der Waals surface area contributed by atoms with Crippen molar-refractivity contribution in [3.8, 4) is 0 Å². The van der Waals surface area contributed by atoms with Crippen LogP contribution in [0.4, 0.5) is 11.4 Å². The SMILES string of the molecule is CNc1ccccc1N=CCc1ccc(C2=CC(C)C(c3ccccc3)C=C2)cc1. The molecule has 1 aliphatic carbocycles. The van der Waals surface area contributed by atoms with Gasteiger partial charge in [-0.25, -0.2) is 0 Å². The van der Waals surface area contributed by atoms with Crippen molar-refractivity contribution >= 4 is 23.2 Å². The average Bonchev–Trinajstić information content (AvgIpc) is 2.80. The topological polar surface area (TPSA) is 24.4 Å². The highest BCUT2D eigenvalue weighted by Crippen LogP contribution is 2.34. The molecule has 2 unspecified atom stereocenters. The first kappa shape index (κ1) is 19.9. The predicted octanol–water partition coefficient (Wildman–Crippen LogP) is 7.05. The quantitative estimate of drug-likeness (QED) is 0.447. The van der Waals surface area contributed by atoms with Gasteiger partial charge in [-0.2, -0.15) is 0 Å². The lowest BCUT2D eigenvalue weighted by atomic mass is 9.81. The number of nitrogens with one attached hydrogen (secondary N) is 1. The van der Waals surface area contributed by atoms with Gasteiger partial charge in [-0.1, -0.05) is 91.9 Å². The van der Waals surface area contributed by atoms with E-state index in [9.17, 15) is 0 Å². The number of rotatable bonds is 6. The molecule has 30 heavy (non-hydrogen) atoms. The van der Waals surface area contributed by atoms with Crippen molar-refractivity contribution < 1.29 is 0 Å². The molecule has 0 fully saturated rings. The zero-order valence-electron chi connectivity index (χ0n) is 17.6. The van der Waals surface area contributed by atoms with Crippen LogP contribution in [0.2, 0.25) is 0 Å². The van der Waals surface area contributed by atoms with Crippen LogP contribution in [0, 0.1) is 5.92 Å². The average molecular weight is 393 g/mol. The van der Waals surface area contributed by atoms with Gasteiger partial charge in [-0.15, -0.1) is 0 Å². The van der Waals surface area contributed by atoms with E-state index in [1.54, 1.807) is 0 Å². The number of nitrogens with zero attached hydrogens (tertiary/aromatic N) is 1. The normalized spacial score (nSPS) is 18.4. The zero-order valence-corrected chi connectivity index (χ0v) is 17.6.